The number of nitrogens with zero attached hydrogens (tertiary/aromatic N) is 1. The van der Waals surface area contributed by atoms with Crippen LogP contribution in [0.5, 0.6) is 11.5 Å². The zero-order valence-electron chi connectivity index (χ0n) is 13.5. The Morgan fingerprint density at radius 1 is 0.957 bits per heavy atom. The van der Waals surface area contributed by atoms with Gasteiger partial charge in [0, 0.05) is 12.6 Å². The normalized spacial score (nSPS) is 11.1. The molecule has 0 unspecified atom stereocenters. The number of anilines is 1. The SMILES string of the molecule is CCCN(c1ccc(OC)c(OC)c1)S(=O)(=O)c1ccccc1. The summed E-state index contributed by atoms with van der Waals surface area (Å²) in [6.45, 7) is 2.32. The highest BCUT2D eigenvalue weighted by atomic mass is 32.2. The molecule has 0 aliphatic rings. The Morgan fingerprint density at radius 3 is 2.17 bits per heavy atom. The Labute approximate surface area is 137 Å². The lowest BCUT2D eigenvalue weighted by Crippen LogP contribution is -2.31. The number of sulfonamides is 1. The van der Waals surface area contributed by atoms with Gasteiger partial charge in [-0.15, -0.1) is 0 Å². The van der Waals surface area contributed by atoms with Crippen LogP contribution in [0.15, 0.2) is 53.4 Å². The van der Waals surface area contributed by atoms with E-state index in [1.165, 1.54) is 11.4 Å². The van der Waals surface area contributed by atoms with Crippen LogP contribution in [0.4, 0.5) is 5.69 Å². The molecule has 0 heterocycles. The second-order valence-electron chi connectivity index (χ2n) is 4.93. The van der Waals surface area contributed by atoms with Crippen molar-refractivity contribution < 1.29 is 17.9 Å². The molecule has 23 heavy (non-hydrogen) atoms. The molecule has 0 saturated carbocycles. The van der Waals surface area contributed by atoms with Crippen LogP contribution in [0.1, 0.15) is 13.3 Å². The summed E-state index contributed by atoms with van der Waals surface area (Å²) in [5.41, 5.74) is 0.549. The number of ether oxygens (including phenoxy) is 2. The van der Waals surface area contributed by atoms with Gasteiger partial charge in [-0.25, -0.2) is 8.42 Å². The average Bonchev–Trinajstić information content (AvgIpc) is 2.59. The van der Waals surface area contributed by atoms with E-state index in [0.29, 0.717) is 30.2 Å². The first-order valence-electron chi connectivity index (χ1n) is 7.34. The van der Waals surface area contributed by atoms with Gasteiger partial charge in [-0.05, 0) is 30.7 Å². The molecular formula is C17H21NO4S. The molecule has 0 fully saturated rings. The predicted molar refractivity (Wildman–Crippen MR) is 90.8 cm³/mol. The van der Waals surface area contributed by atoms with Crippen molar-refractivity contribution in [3.05, 3.63) is 48.5 Å². The fourth-order valence-electron chi connectivity index (χ4n) is 2.29. The standard InChI is InChI=1S/C17H21NO4S/c1-4-12-18(23(19,20)15-8-6-5-7-9-15)14-10-11-16(21-2)17(13-14)22-3/h5-11,13H,4,12H2,1-3H3. The summed E-state index contributed by atoms with van der Waals surface area (Å²) in [6.07, 6.45) is 0.695. The Morgan fingerprint density at radius 2 is 1.61 bits per heavy atom. The molecule has 2 aromatic rings. The van der Waals surface area contributed by atoms with Crippen molar-refractivity contribution in [2.75, 3.05) is 25.1 Å². The number of hydrogen-bond acceptors (Lipinski definition) is 4. The first kappa shape index (κ1) is 17.1. The average molecular weight is 335 g/mol. The van der Waals surface area contributed by atoms with Crippen molar-refractivity contribution in [3.63, 3.8) is 0 Å². The highest BCUT2D eigenvalue weighted by molar-refractivity contribution is 7.92. The number of benzene rings is 2. The smallest absolute Gasteiger partial charge is 0.264 e. The minimum Gasteiger partial charge on any atom is -0.493 e. The Kier molecular flexibility index (Phi) is 5.50. The van der Waals surface area contributed by atoms with E-state index in [1.54, 1.807) is 55.6 Å². The van der Waals surface area contributed by atoms with Gasteiger partial charge in [-0.2, -0.15) is 0 Å². The van der Waals surface area contributed by atoms with Gasteiger partial charge < -0.3 is 9.47 Å². The quantitative estimate of drug-likeness (QED) is 0.779. The third-order valence-corrected chi connectivity index (χ3v) is 5.25. The summed E-state index contributed by atoms with van der Waals surface area (Å²) in [6, 6.07) is 13.5. The lowest BCUT2D eigenvalue weighted by molar-refractivity contribution is 0.355. The van der Waals surface area contributed by atoms with Crippen LogP contribution in [-0.2, 0) is 10.0 Å². The second-order valence-corrected chi connectivity index (χ2v) is 6.79. The molecule has 124 valence electrons. The summed E-state index contributed by atoms with van der Waals surface area (Å²) in [5, 5.41) is 0. The molecule has 0 atom stereocenters. The van der Waals surface area contributed by atoms with Gasteiger partial charge in [-0.1, -0.05) is 25.1 Å². The third-order valence-electron chi connectivity index (χ3n) is 3.41. The van der Waals surface area contributed by atoms with E-state index in [0.717, 1.165) is 0 Å². The van der Waals surface area contributed by atoms with Crippen LogP contribution in [-0.4, -0.2) is 29.2 Å². The van der Waals surface area contributed by atoms with Gasteiger partial charge in [0.25, 0.3) is 10.0 Å². The minimum absolute atomic E-state index is 0.267. The van der Waals surface area contributed by atoms with Crippen molar-refractivity contribution in [3.8, 4) is 11.5 Å². The zero-order chi connectivity index (χ0) is 16.9. The molecule has 0 saturated heterocycles. The summed E-state index contributed by atoms with van der Waals surface area (Å²) in [5.74, 6) is 1.05. The van der Waals surface area contributed by atoms with Crippen LogP contribution in [0.2, 0.25) is 0 Å². The van der Waals surface area contributed by atoms with Crippen LogP contribution in [0.3, 0.4) is 0 Å². The summed E-state index contributed by atoms with van der Waals surface area (Å²) in [7, 11) is -0.555. The van der Waals surface area contributed by atoms with Crippen LogP contribution >= 0.6 is 0 Å². The van der Waals surface area contributed by atoms with E-state index < -0.39 is 10.0 Å². The lowest BCUT2D eigenvalue weighted by atomic mass is 10.2. The van der Waals surface area contributed by atoms with Crippen molar-refractivity contribution in [2.24, 2.45) is 0 Å². The molecule has 0 N–H and O–H groups in total. The Balaban J connectivity index is 2.51. The monoisotopic (exact) mass is 335 g/mol. The molecule has 2 rings (SSSR count). The minimum atomic E-state index is -3.62. The van der Waals surface area contributed by atoms with Crippen LogP contribution < -0.4 is 13.8 Å². The maximum absolute atomic E-state index is 12.9. The molecule has 0 amide bonds. The zero-order valence-corrected chi connectivity index (χ0v) is 14.3. The largest absolute Gasteiger partial charge is 0.493 e. The summed E-state index contributed by atoms with van der Waals surface area (Å²) < 4.78 is 37.7. The first-order valence-corrected chi connectivity index (χ1v) is 8.78. The summed E-state index contributed by atoms with van der Waals surface area (Å²) in [4.78, 5) is 0.267. The third kappa shape index (κ3) is 3.59. The van der Waals surface area contributed by atoms with Gasteiger partial charge in [-0.3, -0.25) is 4.31 Å². The van der Waals surface area contributed by atoms with Crippen molar-refractivity contribution in [1.29, 1.82) is 0 Å². The molecule has 0 bridgehead atoms. The fourth-order valence-corrected chi connectivity index (χ4v) is 3.86. The van der Waals surface area contributed by atoms with Gasteiger partial charge >= 0.3 is 0 Å². The molecule has 0 aromatic heterocycles. The Bertz CT molecular complexity index is 744. The van der Waals surface area contributed by atoms with E-state index in [1.807, 2.05) is 6.92 Å². The van der Waals surface area contributed by atoms with Crippen molar-refractivity contribution in [2.45, 2.75) is 18.2 Å². The highest BCUT2D eigenvalue weighted by Gasteiger charge is 2.24. The number of hydrogen-bond donors (Lipinski definition) is 0. The van der Waals surface area contributed by atoms with E-state index in [4.69, 9.17) is 9.47 Å². The van der Waals surface area contributed by atoms with E-state index in [-0.39, 0.29) is 4.90 Å². The Hall–Kier alpha value is -2.21. The van der Waals surface area contributed by atoms with Gasteiger partial charge in [0.1, 0.15) is 0 Å². The maximum atomic E-state index is 12.9. The number of rotatable bonds is 7. The van der Waals surface area contributed by atoms with E-state index >= 15 is 0 Å². The number of methoxy groups -OCH3 is 2. The second kappa shape index (κ2) is 7.37. The van der Waals surface area contributed by atoms with E-state index in [2.05, 4.69) is 0 Å². The predicted octanol–water partition coefficient (Wildman–Crippen LogP) is 3.31. The fraction of sp³-hybridized carbons (Fsp3) is 0.294. The van der Waals surface area contributed by atoms with Crippen LogP contribution in [0.25, 0.3) is 0 Å². The van der Waals surface area contributed by atoms with Crippen LogP contribution in [0, 0.1) is 0 Å². The van der Waals surface area contributed by atoms with Gasteiger partial charge in [0.05, 0.1) is 24.8 Å². The van der Waals surface area contributed by atoms with Gasteiger partial charge in [0.15, 0.2) is 11.5 Å². The van der Waals surface area contributed by atoms with Crippen molar-refractivity contribution >= 4 is 15.7 Å². The first-order chi connectivity index (χ1) is 11.0. The molecule has 5 nitrogen and oxygen atoms in total. The molecule has 0 radical (unpaired) electrons. The van der Waals surface area contributed by atoms with E-state index in [9.17, 15) is 8.42 Å². The molecule has 0 spiro atoms. The topological polar surface area (TPSA) is 55.8 Å². The molecule has 0 aliphatic heterocycles. The lowest BCUT2D eigenvalue weighted by Gasteiger charge is -2.24. The van der Waals surface area contributed by atoms with Gasteiger partial charge in [0.2, 0.25) is 0 Å². The summed E-state index contributed by atoms with van der Waals surface area (Å²) >= 11 is 0. The maximum Gasteiger partial charge on any atom is 0.264 e. The van der Waals surface area contributed by atoms with Crippen molar-refractivity contribution in [1.82, 2.24) is 0 Å². The molecular weight excluding hydrogens is 314 g/mol. The molecule has 2 aromatic carbocycles. The molecule has 6 heteroatoms. The molecule has 0 aliphatic carbocycles. The highest BCUT2D eigenvalue weighted by Crippen LogP contribution is 2.33.